The first-order valence-electron chi connectivity index (χ1n) is 9.50. The fourth-order valence-electron chi connectivity index (χ4n) is 3.57. The van der Waals surface area contributed by atoms with Crippen LogP contribution in [0.4, 0.5) is 4.39 Å². The van der Waals surface area contributed by atoms with Crippen molar-refractivity contribution in [3.63, 3.8) is 0 Å². The predicted molar refractivity (Wildman–Crippen MR) is 104 cm³/mol. The predicted octanol–water partition coefficient (Wildman–Crippen LogP) is 4.15. The Bertz CT molecular complexity index is 942. The number of hydrogen-bond acceptors (Lipinski definition) is 3. The average molecular weight is 379 g/mol. The molecule has 3 aromatic rings. The van der Waals surface area contributed by atoms with Crippen LogP contribution in [0.25, 0.3) is 0 Å². The number of H-pyrrole nitrogens is 1. The number of hydrogen-bond donors (Lipinski definition) is 1. The van der Waals surface area contributed by atoms with Crippen molar-refractivity contribution in [2.24, 2.45) is 0 Å². The third-order valence-corrected chi connectivity index (χ3v) is 4.99. The monoisotopic (exact) mass is 379 g/mol. The molecule has 1 aromatic heterocycles. The lowest BCUT2D eigenvalue weighted by atomic mass is 10.1. The number of para-hydroxylation sites is 1. The van der Waals surface area contributed by atoms with Crippen molar-refractivity contribution in [1.29, 1.82) is 0 Å². The summed E-state index contributed by atoms with van der Waals surface area (Å²) in [4.78, 5) is 14.7. The molecule has 0 radical (unpaired) electrons. The highest BCUT2D eigenvalue weighted by atomic mass is 19.1. The second-order valence-corrected chi connectivity index (χ2v) is 6.87. The Labute approximate surface area is 163 Å². The van der Waals surface area contributed by atoms with Crippen LogP contribution in [0.15, 0.2) is 60.7 Å². The smallest absolute Gasteiger partial charge is 0.254 e. The van der Waals surface area contributed by atoms with Crippen LogP contribution in [-0.2, 0) is 6.42 Å². The molecule has 2 aromatic carbocycles. The van der Waals surface area contributed by atoms with Gasteiger partial charge >= 0.3 is 0 Å². The van der Waals surface area contributed by atoms with Gasteiger partial charge in [0.05, 0.1) is 18.3 Å². The van der Waals surface area contributed by atoms with Crippen molar-refractivity contribution in [2.45, 2.75) is 25.3 Å². The Balaban J connectivity index is 1.39. The molecular weight excluding hydrogens is 357 g/mol. The number of amides is 1. The van der Waals surface area contributed by atoms with Crippen LogP contribution in [0.5, 0.6) is 5.75 Å². The molecule has 0 aliphatic carbocycles. The number of benzene rings is 2. The van der Waals surface area contributed by atoms with Gasteiger partial charge in [0.1, 0.15) is 0 Å². The van der Waals surface area contributed by atoms with Crippen LogP contribution in [0.3, 0.4) is 0 Å². The van der Waals surface area contributed by atoms with Gasteiger partial charge in [0.25, 0.3) is 5.91 Å². The summed E-state index contributed by atoms with van der Waals surface area (Å²) >= 11 is 0. The van der Waals surface area contributed by atoms with E-state index < -0.39 is 0 Å². The van der Waals surface area contributed by atoms with E-state index in [0.717, 1.165) is 30.8 Å². The fraction of sp³-hybridized carbons (Fsp3) is 0.273. The van der Waals surface area contributed by atoms with Crippen LogP contribution in [0.1, 0.15) is 40.6 Å². The van der Waals surface area contributed by atoms with Crippen molar-refractivity contribution in [1.82, 2.24) is 15.1 Å². The lowest BCUT2D eigenvalue weighted by Gasteiger charge is -2.23. The minimum absolute atomic E-state index is 0.0230. The zero-order valence-electron chi connectivity index (χ0n) is 15.5. The molecular formula is C22H22FN3O2. The zero-order chi connectivity index (χ0) is 19.3. The van der Waals surface area contributed by atoms with Gasteiger partial charge in [0.15, 0.2) is 11.6 Å². The number of rotatable bonds is 6. The van der Waals surface area contributed by atoms with E-state index in [4.69, 9.17) is 4.74 Å². The fourth-order valence-corrected chi connectivity index (χ4v) is 3.57. The van der Waals surface area contributed by atoms with Gasteiger partial charge in [0, 0.05) is 24.2 Å². The Hall–Kier alpha value is -3.15. The maximum atomic E-state index is 13.6. The minimum atomic E-state index is -0.367. The SMILES string of the molecule is O=C(c1ccccc1)N1CCCC1c1cc(CCOc2ccccc2F)[nH]n1. The molecule has 1 aliphatic rings. The van der Waals surface area contributed by atoms with Crippen LogP contribution < -0.4 is 4.74 Å². The number of aromatic amines is 1. The molecule has 1 fully saturated rings. The lowest BCUT2D eigenvalue weighted by Crippen LogP contribution is -2.30. The van der Waals surface area contributed by atoms with Crippen LogP contribution in [-0.4, -0.2) is 34.2 Å². The highest BCUT2D eigenvalue weighted by molar-refractivity contribution is 5.94. The van der Waals surface area contributed by atoms with E-state index >= 15 is 0 Å². The van der Waals surface area contributed by atoms with Gasteiger partial charge in [0.2, 0.25) is 0 Å². The van der Waals surface area contributed by atoms with E-state index in [-0.39, 0.29) is 23.5 Å². The van der Waals surface area contributed by atoms with Crippen molar-refractivity contribution >= 4 is 5.91 Å². The van der Waals surface area contributed by atoms with E-state index in [9.17, 15) is 9.18 Å². The van der Waals surface area contributed by atoms with Crippen molar-refractivity contribution in [3.8, 4) is 5.75 Å². The topological polar surface area (TPSA) is 58.2 Å². The molecule has 0 bridgehead atoms. The van der Waals surface area contributed by atoms with E-state index in [1.54, 1.807) is 18.2 Å². The number of carbonyl (C=O) groups excluding carboxylic acids is 1. The average Bonchev–Trinajstić information content (AvgIpc) is 3.39. The first kappa shape index (κ1) is 18.2. The molecule has 144 valence electrons. The quantitative estimate of drug-likeness (QED) is 0.700. The molecule has 0 saturated carbocycles. The molecule has 1 atom stereocenters. The summed E-state index contributed by atoms with van der Waals surface area (Å²) < 4.78 is 19.1. The normalized spacial score (nSPS) is 16.3. The number of nitrogens with zero attached hydrogens (tertiary/aromatic N) is 2. The summed E-state index contributed by atoms with van der Waals surface area (Å²) in [5, 5.41) is 7.44. The summed E-state index contributed by atoms with van der Waals surface area (Å²) in [6.45, 7) is 1.08. The summed E-state index contributed by atoms with van der Waals surface area (Å²) in [6, 6.07) is 17.7. The summed E-state index contributed by atoms with van der Waals surface area (Å²) in [5.74, 6) is -0.0815. The second kappa shape index (κ2) is 8.25. The third kappa shape index (κ3) is 3.91. The molecule has 5 nitrogen and oxygen atoms in total. The molecule has 6 heteroatoms. The summed E-state index contributed by atoms with van der Waals surface area (Å²) in [7, 11) is 0. The number of nitrogens with one attached hydrogen (secondary N) is 1. The first-order chi connectivity index (χ1) is 13.7. The maximum absolute atomic E-state index is 13.6. The van der Waals surface area contributed by atoms with Gasteiger partial charge in [-0.3, -0.25) is 9.89 Å². The molecule has 1 N–H and O–H groups in total. The second-order valence-electron chi connectivity index (χ2n) is 6.87. The third-order valence-electron chi connectivity index (χ3n) is 4.99. The Morgan fingerprint density at radius 1 is 1.18 bits per heavy atom. The minimum Gasteiger partial charge on any atom is -0.490 e. The zero-order valence-corrected chi connectivity index (χ0v) is 15.5. The summed E-state index contributed by atoms with van der Waals surface area (Å²) in [5.41, 5.74) is 2.47. The number of halogens is 1. The molecule has 4 rings (SSSR count). The van der Waals surface area contributed by atoms with E-state index in [2.05, 4.69) is 10.2 Å². The van der Waals surface area contributed by atoms with E-state index in [1.807, 2.05) is 41.3 Å². The van der Waals surface area contributed by atoms with Gasteiger partial charge in [-0.15, -0.1) is 0 Å². The molecule has 2 heterocycles. The standard InChI is InChI=1S/C22H22FN3O2/c23-18-9-4-5-11-21(18)28-14-12-17-15-19(25-24-17)20-10-6-13-26(20)22(27)16-7-2-1-3-8-16/h1-5,7-9,11,15,20H,6,10,12-14H2,(H,24,25). The maximum Gasteiger partial charge on any atom is 0.254 e. The van der Waals surface area contributed by atoms with Crippen LogP contribution >= 0.6 is 0 Å². The molecule has 28 heavy (non-hydrogen) atoms. The largest absolute Gasteiger partial charge is 0.490 e. The Morgan fingerprint density at radius 3 is 2.79 bits per heavy atom. The lowest BCUT2D eigenvalue weighted by molar-refractivity contribution is 0.0733. The van der Waals surface area contributed by atoms with Crippen LogP contribution in [0, 0.1) is 5.82 Å². The highest BCUT2D eigenvalue weighted by Gasteiger charge is 2.32. The number of likely N-dealkylation sites (tertiary alicyclic amines) is 1. The molecule has 1 saturated heterocycles. The number of aromatic nitrogens is 2. The molecule has 1 aliphatic heterocycles. The van der Waals surface area contributed by atoms with Crippen molar-refractivity contribution in [3.05, 3.63) is 83.4 Å². The Kier molecular flexibility index (Phi) is 5.37. The number of ether oxygens (including phenoxy) is 1. The van der Waals surface area contributed by atoms with E-state index in [0.29, 0.717) is 18.6 Å². The Morgan fingerprint density at radius 2 is 1.96 bits per heavy atom. The highest BCUT2D eigenvalue weighted by Crippen LogP contribution is 2.32. The van der Waals surface area contributed by atoms with Crippen molar-refractivity contribution in [2.75, 3.05) is 13.2 Å². The summed E-state index contributed by atoms with van der Waals surface area (Å²) in [6.07, 6.45) is 2.44. The van der Waals surface area contributed by atoms with Crippen molar-refractivity contribution < 1.29 is 13.9 Å². The molecule has 1 unspecified atom stereocenters. The van der Waals surface area contributed by atoms with E-state index in [1.165, 1.54) is 6.07 Å². The van der Waals surface area contributed by atoms with Crippen LogP contribution in [0.2, 0.25) is 0 Å². The number of carbonyl (C=O) groups is 1. The van der Waals surface area contributed by atoms with Gasteiger partial charge < -0.3 is 9.64 Å². The van der Waals surface area contributed by atoms with Gasteiger partial charge in [-0.2, -0.15) is 5.10 Å². The van der Waals surface area contributed by atoms with Gasteiger partial charge in [-0.1, -0.05) is 30.3 Å². The first-order valence-corrected chi connectivity index (χ1v) is 9.50. The van der Waals surface area contributed by atoms with Gasteiger partial charge in [-0.25, -0.2) is 4.39 Å². The molecule has 0 spiro atoms. The van der Waals surface area contributed by atoms with Gasteiger partial charge in [-0.05, 0) is 43.2 Å². The molecule has 1 amide bonds.